The molecule has 0 bridgehead atoms. The van der Waals surface area contributed by atoms with Crippen molar-refractivity contribution in [2.45, 2.75) is 0 Å². The molecule has 5 heteroatoms. The van der Waals surface area contributed by atoms with Crippen molar-refractivity contribution < 1.29 is 9.90 Å². The molecule has 0 unspecified atom stereocenters. The Kier molecular flexibility index (Phi) is 3.39. The van der Waals surface area contributed by atoms with Gasteiger partial charge in [-0.25, -0.2) is 4.79 Å². The number of anilines is 2. The number of carbonyl (C=O) groups is 1. The van der Waals surface area contributed by atoms with Gasteiger partial charge in [-0.1, -0.05) is 15.9 Å². The summed E-state index contributed by atoms with van der Waals surface area (Å²) in [6, 6.07) is 9.10. The van der Waals surface area contributed by atoms with E-state index in [1.54, 1.807) is 12.3 Å². The summed E-state index contributed by atoms with van der Waals surface area (Å²) in [5, 5.41) is 12.0. The number of nitrogens with zero attached hydrogens (tertiary/aromatic N) is 1. The van der Waals surface area contributed by atoms with E-state index in [2.05, 4.69) is 26.2 Å². The van der Waals surface area contributed by atoms with Gasteiger partial charge in [-0.05, 0) is 30.3 Å². The van der Waals surface area contributed by atoms with E-state index in [4.69, 9.17) is 5.11 Å². The molecule has 0 fully saturated rings. The summed E-state index contributed by atoms with van der Waals surface area (Å²) in [4.78, 5) is 14.8. The first-order valence-electron chi connectivity index (χ1n) is 4.87. The molecule has 0 saturated carbocycles. The number of carboxylic acid groups (broad SMARTS) is 1. The van der Waals surface area contributed by atoms with Crippen LogP contribution in [-0.2, 0) is 0 Å². The van der Waals surface area contributed by atoms with Gasteiger partial charge in [0.2, 0.25) is 0 Å². The predicted octanol–water partition coefficient (Wildman–Crippen LogP) is 3.29. The van der Waals surface area contributed by atoms with Crippen LogP contribution in [0.3, 0.4) is 0 Å². The smallest absolute Gasteiger partial charge is 0.339 e. The Bertz CT molecular complexity index is 540. The van der Waals surface area contributed by atoms with Gasteiger partial charge in [0.1, 0.15) is 5.56 Å². The lowest BCUT2D eigenvalue weighted by atomic mass is 10.2. The minimum Gasteiger partial charge on any atom is -0.478 e. The van der Waals surface area contributed by atoms with Gasteiger partial charge in [-0.3, -0.25) is 4.98 Å². The Morgan fingerprint density at radius 1 is 1.24 bits per heavy atom. The quantitative estimate of drug-likeness (QED) is 0.911. The molecule has 0 saturated heterocycles. The average molecular weight is 293 g/mol. The van der Waals surface area contributed by atoms with Crippen molar-refractivity contribution in [1.82, 2.24) is 4.98 Å². The Labute approximate surface area is 106 Å². The number of aromatic carboxylic acids is 1. The van der Waals surface area contributed by atoms with Crippen molar-refractivity contribution in [3.8, 4) is 0 Å². The van der Waals surface area contributed by atoms with Gasteiger partial charge in [0, 0.05) is 22.6 Å². The van der Waals surface area contributed by atoms with Crippen molar-refractivity contribution in [2.24, 2.45) is 0 Å². The van der Waals surface area contributed by atoms with Crippen LogP contribution in [0.2, 0.25) is 0 Å². The lowest BCUT2D eigenvalue weighted by Crippen LogP contribution is -2.03. The van der Waals surface area contributed by atoms with Crippen LogP contribution < -0.4 is 5.32 Å². The van der Waals surface area contributed by atoms with E-state index in [1.807, 2.05) is 24.3 Å². The van der Waals surface area contributed by atoms with Crippen LogP contribution in [0.4, 0.5) is 11.4 Å². The van der Waals surface area contributed by atoms with Crippen molar-refractivity contribution in [3.63, 3.8) is 0 Å². The maximum Gasteiger partial charge on any atom is 0.339 e. The molecule has 86 valence electrons. The van der Waals surface area contributed by atoms with Gasteiger partial charge < -0.3 is 10.4 Å². The van der Waals surface area contributed by atoms with Gasteiger partial charge >= 0.3 is 5.97 Å². The maximum atomic E-state index is 11.0. The Morgan fingerprint density at radius 2 is 1.94 bits per heavy atom. The Morgan fingerprint density at radius 3 is 2.59 bits per heavy atom. The van der Waals surface area contributed by atoms with E-state index >= 15 is 0 Å². The van der Waals surface area contributed by atoms with E-state index in [0.717, 1.165) is 10.2 Å². The molecule has 0 spiro atoms. The molecular formula is C12H9BrN2O2. The zero-order valence-electron chi connectivity index (χ0n) is 8.72. The second-order valence-electron chi connectivity index (χ2n) is 3.36. The number of hydrogen-bond donors (Lipinski definition) is 2. The zero-order valence-corrected chi connectivity index (χ0v) is 10.3. The van der Waals surface area contributed by atoms with Crippen molar-refractivity contribution in [2.75, 3.05) is 5.32 Å². The van der Waals surface area contributed by atoms with Gasteiger partial charge in [0.05, 0.1) is 5.69 Å². The summed E-state index contributed by atoms with van der Waals surface area (Å²) in [6.07, 6.45) is 2.87. The summed E-state index contributed by atoms with van der Waals surface area (Å²) >= 11 is 3.34. The van der Waals surface area contributed by atoms with Gasteiger partial charge in [-0.15, -0.1) is 0 Å². The van der Waals surface area contributed by atoms with Crippen LogP contribution in [0.25, 0.3) is 0 Å². The van der Waals surface area contributed by atoms with Crippen LogP contribution in [0, 0.1) is 0 Å². The monoisotopic (exact) mass is 292 g/mol. The first-order chi connectivity index (χ1) is 8.16. The molecule has 1 aromatic heterocycles. The number of aromatic nitrogens is 1. The minimum absolute atomic E-state index is 0.149. The summed E-state index contributed by atoms with van der Waals surface area (Å²) < 4.78 is 0.969. The maximum absolute atomic E-state index is 11.0. The number of pyridine rings is 1. The number of hydrogen-bond acceptors (Lipinski definition) is 3. The highest BCUT2D eigenvalue weighted by atomic mass is 79.9. The van der Waals surface area contributed by atoms with E-state index in [0.29, 0.717) is 5.69 Å². The Balaban J connectivity index is 2.30. The molecule has 0 amide bonds. The summed E-state index contributed by atoms with van der Waals surface area (Å²) in [6.45, 7) is 0. The summed E-state index contributed by atoms with van der Waals surface area (Å²) in [7, 11) is 0. The molecule has 0 aliphatic carbocycles. The largest absolute Gasteiger partial charge is 0.478 e. The summed E-state index contributed by atoms with van der Waals surface area (Å²) in [5.41, 5.74) is 1.49. The highest BCUT2D eigenvalue weighted by molar-refractivity contribution is 9.10. The highest BCUT2D eigenvalue weighted by Crippen LogP contribution is 2.21. The molecule has 2 N–H and O–H groups in total. The normalized spacial score (nSPS) is 9.94. The highest BCUT2D eigenvalue weighted by Gasteiger charge is 2.09. The molecule has 0 aliphatic heterocycles. The first kappa shape index (κ1) is 11.6. The number of carboxylic acids is 1. The van der Waals surface area contributed by atoms with Crippen molar-refractivity contribution >= 4 is 33.3 Å². The molecule has 17 heavy (non-hydrogen) atoms. The predicted molar refractivity (Wildman–Crippen MR) is 68.6 cm³/mol. The van der Waals surface area contributed by atoms with E-state index < -0.39 is 5.97 Å². The Hall–Kier alpha value is -1.88. The molecule has 1 aromatic carbocycles. The molecule has 2 rings (SSSR count). The van der Waals surface area contributed by atoms with Crippen molar-refractivity contribution in [1.29, 1.82) is 0 Å². The lowest BCUT2D eigenvalue weighted by Gasteiger charge is -2.08. The van der Waals surface area contributed by atoms with Crippen LogP contribution in [-0.4, -0.2) is 16.1 Å². The lowest BCUT2D eigenvalue weighted by molar-refractivity contribution is 0.0697. The summed E-state index contributed by atoms with van der Waals surface area (Å²) in [5.74, 6) is -1.00. The molecule has 0 radical (unpaired) electrons. The van der Waals surface area contributed by atoms with Crippen LogP contribution >= 0.6 is 15.9 Å². The molecule has 0 atom stereocenters. The van der Waals surface area contributed by atoms with E-state index in [9.17, 15) is 4.79 Å². The third-order valence-electron chi connectivity index (χ3n) is 2.17. The number of benzene rings is 1. The molecule has 1 heterocycles. The fourth-order valence-corrected chi connectivity index (χ4v) is 1.63. The molecule has 2 aromatic rings. The average Bonchev–Trinajstić information content (AvgIpc) is 2.32. The number of nitrogens with one attached hydrogen (secondary N) is 1. The topological polar surface area (TPSA) is 62.2 Å². The fourth-order valence-electron chi connectivity index (χ4n) is 1.36. The molecule has 0 aliphatic rings. The van der Waals surface area contributed by atoms with E-state index in [1.165, 1.54) is 6.20 Å². The molecular weight excluding hydrogens is 284 g/mol. The third kappa shape index (κ3) is 2.82. The number of rotatable bonds is 3. The van der Waals surface area contributed by atoms with Crippen LogP contribution in [0.5, 0.6) is 0 Å². The van der Waals surface area contributed by atoms with Crippen LogP contribution in [0.15, 0.2) is 47.2 Å². The second kappa shape index (κ2) is 4.97. The van der Waals surface area contributed by atoms with Gasteiger partial charge in [0.15, 0.2) is 0 Å². The SMILES string of the molecule is O=C(O)c1cnccc1Nc1ccc(Br)cc1. The number of halogens is 1. The van der Waals surface area contributed by atoms with Gasteiger partial charge in [0.25, 0.3) is 0 Å². The third-order valence-corrected chi connectivity index (χ3v) is 2.70. The fraction of sp³-hybridized carbons (Fsp3) is 0. The zero-order chi connectivity index (χ0) is 12.3. The van der Waals surface area contributed by atoms with Crippen molar-refractivity contribution in [3.05, 3.63) is 52.8 Å². The van der Waals surface area contributed by atoms with Gasteiger partial charge in [-0.2, -0.15) is 0 Å². The minimum atomic E-state index is -1.00. The van der Waals surface area contributed by atoms with E-state index in [-0.39, 0.29) is 5.56 Å². The second-order valence-corrected chi connectivity index (χ2v) is 4.27. The van der Waals surface area contributed by atoms with Crippen LogP contribution in [0.1, 0.15) is 10.4 Å². The first-order valence-corrected chi connectivity index (χ1v) is 5.66. The standard InChI is InChI=1S/C12H9BrN2O2/c13-8-1-3-9(4-2-8)15-11-5-6-14-7-10(11)12(16)17/h1-7H,(H,14,15)(H,16,17). The molecule has 4 nitrogen and oxygen atoms in total.